The number of ether oxygens (including phenoxy) is 2. The molecular weight excluding hydrogens is 284 g/mol. The lowest BCUT2D eigenvalue weighted by Gasteiger charge is -2.58. The van der Waals surface area contributed by atoms with Crippen LogP contribution in [0.15, 0.2) is 0 Å². The molecule has 0 saturated heterocycles. The molecule has 3 atom stereocenters. The van der Waals surface area contributed by atoms with Crippen LogP contribution in [0.4, 0.5) is 0 Å². The van der Waals surface area contributed by atoms with Crippen molar-refractivity contribution in [1.29, 1.82) is 0 Å². The van der Waals surface area contributed by atoms with Crippen molar-refractivity contribution in [3.8, 4) is 0 Å². The molecule has 1 saturated carbocycles. The molecule has 0 spiro atoms. The maximum absolute atomic E-state index is 10.4. The van der Waals surface area contributed by atoms with Gasteiger partial charge in [-0.1, -0.05) is 34.6 Å². The molecule has 0 aromatic carbocycles. The Balaban J connectivity index is 2.68. The van der Waals surface area contributed by atoms with Gasteiger partial charge < -0.3 is 19.0 Å². The van der Waals surface area contributed by atoms with E-state index >= 15 is 0 Å². The normalized spacial score (nSPS) is 29.3. The van der Waals surface area contributed by atoms with Crippen LogP contribution in [0, 0.1) is 11.3 Å². The zero-order chi connectivity index (χ0) is 16.5. The second kappa shape index (κ2) is 6.67. The highest BCUT2D eigenvalue weighted by Crippen LogP contribution is 2.52. The molecule has 0 radical (unpaired) electrons. The summed E-state index contributed by atoms with van der Waals surface area (Å²) in [4.78, 5) is 0. The highest BCUT2D eigenvalue weighted by molar-refractivity contribution is 6.74. The van der Waals surface area contributed by atoms with Crippen LogP contribution in [0.5, 0.6) is 0 Å². The van der Waals surface area contributed by atoms with Crippen LogP contribution in [0.3, 0.4) is 0 Å². The zero-order valence-corrected chi connectivity index (χ0v) is 16.0. The molecule has 0 unspecified atom stereocenters. The van der Waals surface area contributed by atoms with Gasteiger partial charge in [-0.05, 0) is 24.6 Å². The first-order valence-electron chi connectivity index (χ1n) is 7.87. The van der Waals surface area contributed by atoms with E-state index in [1.165, 1.54) is 0 Å². The van der Waals surface area contributed by atoms with E-state index in [9.17, 15) is 5.11 Å². The van der Waals surface area contributed by atoms with E-state index in [0.717, 1.165) is 6.42 Å². The highest BCUT2D eigenvalue weighted by atomic mass is 28.4. The average molecular weight is 319 g/mol. The molecule has 5 heteroatoms. The number of hydrogen-bond donors (Lipinski definition) is 1. The van der Waals surface area contributed by atoms with Crippen molar-refractivity contribution in [3.63, 3.8) is 0 Å². The second-order valence-electron chi connectivity index (χ2n) is 8.33. The third-order valence-electron chi connectivity index (χ3n) is 5.31. The van der Waals surface area contributed by atoms with Crippen LogP contribution in [0.25, 0.3) is 0 Å². The summed E-state index contributed by atoms with van der Waals surface area (Å²) < 4.78 is 16.8. The standard InChI is InChI=1S/C16H34O4Si/c1-15(2,3)21(7,8)20-14-12(9-10-19-11-18-6)13(17)16(14,4)5/h12-14,17H,9-11H2,1-8H3/t12-,13-,14-/m1/s1. The van der Waals surface area contributed by atoms with Gasteiger partial charge in [0.05, 0.1) is 12.2 Å². The predicted octanol–water partition coefficient (Wildman–Crippen LogP) is 3.40. The Bertz CT molecular complexity index is 336. The lowest BCUT2D eigenvalue weighted by molar-refractivity contribution is -0.201. The van der Waals surface area contributed by atoms with Crippen LogP contribution >= 0.6 is 0 Å². The molecule has 0 aliphatic heterocycles. The summed E-state index contributed by atoms with van der Waals surface area (Å²) in [5.74, 6) is 0.158. The number of hydrogen-bond acceptors (Lipinski definition) is 4. The molecule has 126 valence electrons. The smallest absolute Gasteiger partial charge is 0.192 e. The Morgan fingerprint density at radius 2 is 1.76 bits per heavy atom. The number of aliphatic hydroxyl groups is 1. The Morgan fingerprint density at radius 3 is 2.24 bits per heavy atom. The van der Waals surface area contributed by atoms with E-state index in [0.29, 0.717) is 13.4 Å². The molecule has 1 rings (SSSR count). The van der Waals surface area contributed by atoms with Crippen molar-refractivity contribution >= 4 is 8.32 Å². The lowest BCUT2D eigenvalue weighted by atomic mass is 9.58. The van der Waals surface area contributed by atoms with Gasteiger partial charge in [-0.15, -0.1) is 0 Å². The average Bonchev–Trinajstić information content (AvgIpc) is 2.35. The van der Waals surface area contributed by atoms with E-state index in [4.69, 9.17) is 13.9 Å². The molecule has 0 aromatic rings. The largest absolute Gasteiger partial charge is 0.413 e. The molecule has 0 aromatic heterocycles. The summed E-state index contributed by atoms with van der Waals surface area (Å²) in [5, 5.41) is 10.6. The second-order valence-corrected chi connectivity index (χ2v) is 13.1. The van der Waals surface area contributed by atoms with Gasteiger partial charge in [0.1, 0.15) is 6.79 Å². The molecule has 0 heterocycles. The van der Waals surface area contributed by atoms with Gasteiger partial charge in [-0.3, -0.25) is 0 Å². The van der Waals surface area contributed by atoms with Gasteiger partial charge in [0.25, 0.3) is 0 Å². The molecule has 1 N–H and O–H groups in total. The molecule has 0 bridgehead atoms. The van der Waals surface area contributed by atoms with E-state index in [-0.39, 0.29) is 28.6 Å². The van der Waals surface area contributed by atoms with Crippen LogP contribution in [0.2, 0.25) is 18.1 Å². The monoisotopic (exact) mass is 318 g/mol. The van der Waals surface area contributed by atoms with Crippen molar-refractivity contribution in [2.45, 2.75) is 71.4 Å². The lowest BCUT2D eigenvalue weighted by Crippen LogP contribution is -2.66. The van der Waals surface area contributed by atoms with Crippen molar-refractivity contribution in [2.24, 2.45) is 11.3 Å². The summed E-state index contributed by atoms with van der Waals surface area (Å²) in [6.07, 6.45) is 0.603. The van der Waals surface area contributed by atoms with E-state index in [1.807, 2.05) is 0 Å². The Morgan fingerprint density at radius 1 is 1.19 bits per heavy atom. The number of rotatable bonds is 7. The SMILES string of the molecule is COCOCC[C@@H]1[C@@H](O)C(C)(C)[C@@H]1O[Si](C)(C)C(C)(C)C. The van der Waals surface area contributed by atoms with E-state index < -0.39 is 8.32 Å². The van der Waals surface area contributed by atoms with Crippen LogP contribution in [0.1, 0.15) is 41.0 Å². The third kappa shape index (κ3) is 4.08. The Hall–Kier alpha value is 0.0569. The molecule has 4 nitrogen and oxygen atoms in total. The maximum Gasteiger partial charge on any atom is 0.192 e. The summed E-state index contributed by atoms with van der Waals surface area (Å²) in [5.41, 5.74) is -0.179. The first kappa shape index (κ1) is 19.1. The molecule has 1 aliphatic carbocycles. The van der Waals surface area contributed by atoms with Gasteiger partial charge in [-0.25, -0.2) is 0 Å². The molecule has 1 aliphatic rings. The first-order chi connectivity index (χ1) is 9.45. The Kier molecular flexibility index (Phi) is 6.06. The summed E-state index contributed by atoms with van der Waals surface area (Å²) in [6, 6.07) is 0. The summed E-state index contributed by atoms with van der Waals surface area (Å²) in [6.45, 7) is 16.4. The van der Waals surface area contributed by atoms with Gasteiger partial charge in [0.15, 0.2) is 8.32 Å². The minimum absolute atomic E-state index is 0.111. The van der Waals surface area contributed by atoms with Gasteiger partial charge in [0.2, 0.25) is 0 Å². The number of aliphatic hydroxyl groups excluding tert-OH is 1. The summed E-state index contributed by atoms with van der Waals surface area (Å²) >= 11 is 0. The van der Waals surface area contributed by atoms with Gasteiger partial charge >= 0.3 is 0 Å². The quantitative estimate of drug-likeness (QED) is 0.444. The molecule has 21 heavy (non-hydrogen) atoms. The fourth-order valence-electron chi connectivity index (χ4n) is 2.72. The fraction of sp³-hybridized carbons (Fsp3) is 1.00. The minimum atomic E-state index is -1.83. The molecular formula is C16H34O4Si. The minimum Gasteiger partial charge on any atom is -0.413 e. The van der Waals surface area contributed by atoms with E-state index in [1.54, 1.807) is 7.11 Å². The topological polar surface area (TPSA) is 47.9 Å². The first-order valence-corrected chi connectivity index (χ1v) is 10.8. The van der Waals surface area contributed by atoms with E-state index in [2.05, 4.69) is 47.7 Å². The Labute approximate surface area is 131 Å². The zero-order valence-electron chi connectivity index (χ0n) is 15.0. The van der Waals surface area contributed by atoms with Crippen molar-refractivity contribution in [1.82, 2.24) is 0 Å². The van der Waals surface area contributed by atoms with Gasteiger partial charge in [-0.2, -0.15) is 0 Å². The predicted molar refractivity (Wildman–Crippen MR) is 87.8 cm³/mol. The van der Waals surface area contributed by atoms with Crippen molar-refractivity contribution in [3.05, 3.63) is 0 Å². The number of methoxy groups -OCH3 is 1. The third-order valence-corrected chi connectivity index (χ3v) is 9.77. The van der Waals surface area contributed by atoms with Crippen molar-refractivity contribution < 1.29 is 19.0 Å². The van der Waals surface area contributed by atoms with Crippen LogP contribution in [-0.2, 0) is 13.9 Å². The van der Waals surface area contributed by atoms with Crippen molar-refractivity contribution in [2.75, 3.05) is 20.5 Å². The highest BCUT2D eigenvalue weighted by Gasteiger charge is 2.58. The fourth-order valence-corrected chi connectivity index (χ4v) is 4.19. The molecule has 0 amide bonds. The van der Waals surface area contributed by atoms with Crippen LogP contribution in [-0.4, -0.2) is 46.1 Å². The summed E-state index contributed by atoms with van der Waals surface area (Å²) in [7, 11) is -0.213. The van der Waals surface area contributed by atoms with Crippen LogP contribution < -0.4 is 0 Å². The molecule has 1 fully saturated rings. The maximum atomic E-state index is 10.4. The van der Waals surface area contributed by atoms with Gasteiger partial charge in [0, 0.05) is 25.0 Å².